The first-order valence-electron chi connectivity index (χ1n) is 9.20. The van der Waals surface area contributed by atoms with Crippen molar-refractivity contribution in [3.05, 3.63) is 48.3 Å². The maximum absolute atomic E-state index is 13.0. The summed E-state index contributed by atoms with van der Waals surface area (Å²) in [5, 5.41) is 7.31. The lowest BCUT2D eigenvalue weighted by molar-refractivity contribution is -0.127. The van der Waals surface area contributed by atoms with Gasteiger partial charge in [-0.2, -0.15) is 5.10 Å². The third-order valence-corrected chi connectivity index (χ3v) is 4.94. The molecule has 8 nitrogen and oxygen atoms in total. The van der Waals surface area contributed by atoms with Crippen molar-refractivity contribution in [3.8, 4) is 17.0 Å². The fourth-order valence-electron chi connectivity index (χ4n) is 3.49. The molecule has 0 bridgehead atoms. The van der Waals surface area contributed by atoms with Crippen LogP contribution < -0.4 is 10.1 Å². The molecule has 0 aliphatic carbocycles. The summed E-state index contributed by atoms with van der Waals surface area (Å²) in [6.07, 6.45) is 2.24. The smallest absolute Gasteiger partial charge is 0.275 e. The van der Waals surface area contributed by atoms with E-state index in [1.165, 1.54) is 0 Å². The Hall–Kier alpha value is -3.42. The molecule has 0 unspecified atom stereocenters. The first-order valence-corrected chi connectivity index (χ1v) is 9.20. The summed E-state index contributed by atoms with van der Waals surface area (Å²) in [6, 6.07) is 10.6. The van der Waals surface area contributed by atoms with Crippen molar-refractivity contribution in [3.63, 3.8) is 0 Å². The first kappa shape index (κ1) is 18.0. The van der Waals surface area contributed by atoms with Gasteiger partial charge in [0.2, 0.25) is 5.91 Å². The van der Waals surface area contributed by atoms with E-state index in [4.69, 9.17) is 4.74 Å². The molecule has 0 saturated carbocycles. The van der Waals surface area contributed by atoms with Gasteiger partial charge in [-0.15, -0.1) is 0 Å². The van der Waals surface area contributed by atoms with E-state index in [1.54, 1.807) is 28.8 Å². The number of carbonyl (C=O) groups is 2. The number of methoxy groups -OCH3 is 1. The van der Waals surface area contributed by atoms with E-state index in [2.05, 4.69) is 15.4 Å². The van der Waals surface area contributed by atoms with Crippen LogP contribution in [-0.2, 0) is 4.79 Å². The van der Waals surface area contributed by atoms with Gasteiger partial charge in [-0.1, -0.05) is 6.92 Å². The number of aromatic nitrogens is 3. The number of nitrogens with one attached hydrogen (secondary N) is 1. The van der Waals surface area contributed by atoms with Crippen LogP contribution in [0.1, 0.15) is 23.8 Å². The topological polar surface area (TPSA) is 88.8 Å². The molecule has 2 aromatic heterocycles. The highest BCUT2D eigenvalue weighted by Crippen LogP contribution is 2.23. The minimum absolute atomic E-state index is 0.122. The van der Waals surface area contributed by atoms with Gasteiger partial charge in [0.15, 0.2) is 11.3 Å². The van der Waals surface area contributed by atoms with Crippen molar-refractivity contribution in [2.24, 2.45) is 0 Å². The second-order valence-corrected chi connectivity index (χ2v) is 6.57. The van der Waals surface area contributed by atoms with Crippen LogP contribution in [-0.4, -0.2) is 57.6 Å². The Balaban J connectivity index is 1.71. The van der Waals surface area contributed by atoms with E-state index in [0.717, 1.165) is 17.0 Å². The van der Waals surface area contributed by atoms with Gasteiger partial charge in [0.05, 0.1) is 12.8 Å². The van der Waals surface area contributed by atoms with Crippen LogP contribution in [0.15, 0.2) is 42.6 Å². The number of nitrogens with zero attached hydrogens (tertiary/aromatic N) is 4. The average Bonchev–Trinajstić information content (AvgIpc) is 3.17. The standard InChI is InChI=1S/C20H21N5O3/c1-3-16-19(26)22-10-11-24(16)20(27)15-12-18-21-9-8-17(25(18)23-15)13-4-6-14(28-2)7-5-13/h4-9,12,16H,3,10-11H2,1-2H3,(H,22,26)/t16-/m0/s1. The maximum atomic E-state index is 13.0. The van der Waals surface area contributed by atoms with E-state index in [1.807, 2.05) is 37.3 Å². The molecule has 1 fully saturated rings. The zero-order valence-electron chi connectivity index (χ0n) is 15.8. The lowest BCUT2D eigenvalue weighted by Gasteiger charge is -2.33. The van der Waals surface area contributed by atoms with Gasteiger partial charge in [0.25, 0.3) is 5.91 Å². The number of hydrogen-bond acceptors (Lipinski definition) is 5. The molecular weight excluding hydrogens is 358 g/mol. The zero-order chi connectivity index (χ0) is 19.7. The largest absolute Gasteiger partial charge is 0.497 e. The van der Waals surface area contributed by atoms with Gasteiger partial charge in [-0.3, -0.25) is 9.59 Å². The van der Waals surface area contributed by atoms with Crippen molar-refractivity contribution in [2.45, 2.75) is 19.4 Å². The number of rotatable bonds is 4. The van der Waals surface area contributed by atoms with Crippen molar-refractivity contribution in [1.82, 2.24) is 24.8 Å². The average molecular weight is 379 g/mol. The molecular formula is C20H21N5O3. The minimum atomic E-state index is -0.472. The molecule has 1 saturated heterocycles. The number of piperazine rings is 1. The van der Waals surface area contributed by atoms with E-state index < -0.39 is 6.04 Å². The summed E-state index contributed by atoms with van der Waals surface area (Å²) in [5.74, 6) is 0.384. The zero-order valence-corrected chi connectivity index (χ0v) is 15.8. The number of hydrogen-bond donors (Lipinski definition) is 1. The Labute approximate surface area is 162 Å². The van der Waals surface area contributed by atoms with Crippen LogP contribution in [0.3, 0.4) is 0 Å². The van der Waals surface area contributed by atoms with E-state index >= 15 is 0 Å². The molecule has 1 atom stereocenters. The Bertz CT molecular complexity index is 1030. The van der Waals surface area contributed by atoms with Crippen molar-refractivity contribution in [2.75, 3.05) is 20.2 Å². The van der Waals surface area contributed by atoms with Crippen LogP contribution in [0.25, 0.3) is 16.9 Å². The molecule has 8 heteroatoms. The predicted octanol–water partition coefficient (Wildman–Crippen LogP) is 1.76. The molecule has 1 aromatic carbocycles. The second kappa shape index (κ2) is 7.30. The third-order valence-electron chi connectivity index (χ3n) is 4.94. The highest BCUT2D eigenvalue weighted by molar-refractivity contribution is 5.97. The number of amides is 2. The SMILES string of the molecule is CC[C@H]1C(=O)NCCN1C(=O)c1cc2nccc(-c3ccc(OC)cc3)n2n1. The van der Waals surface area contributed by atoms with Gasteiger partial charge in [-0.05, 0) is 36.8 Å². The highest BCUT2D eigenvalue weighted by Gasteiger charge is 2.33. The molecule has 4 rings (SSSR count). The maximum Gasteiger partial charge on any atom is 0.275 e. The fourth-order valence-corrected chi connectivity index (χ4v) is 3.49. The fraction of sp³-hybridized carbons (Fsp3) is 0.300. The first-order chi connectivity index (χ1) is 13.6. The van der Waals surface area contributed by atoms with Crippen LogP contribution >= 0.6 is 0 Å². The Morgan fingerprint density at radius 1 is 1.29 bits per heavy atom. The van der Waals surface area contributed by atoms with Crippen LogP contribution in [0, 0.1) is 0 Å². The van der Waals surface area contributed by atoms with E-state index in [-0.39, 0.29) is 17.5 Å². The number of ether oxygens (including phenoxy) is 1. The molecule has 1 aliphatic rings. The molecule has 144 valence electrons. The number of benzene rings is 1. The lowest BCUT2D eigenvalue weighted by atomic mass is 10.1. The van der Waals surface area contributed by atoms with Crippen LogP contribution in [0.5, 0.6) is 5.75 Å². The molecule has 3 heterocycles. The third kappa shape index (κ3) is 3.06. The van der Waals surface area contributed by atoms with Crippen molar-refractivity contribution < 1.29 is 14.3 Å². The van der Waals surface area contributed by atoms with Gasteiger partial charge in [0, 0.05) is 30.9 Å². The summed E-state index contributed by atoms with van der Waals surface area (Å²) in [7, 11) is 1.62. The van der Waals surface area contributed by atoms with Crippen LogP contribution in [0.4, 0.5) is 0 Å². The molecule has 0 radical (unpaired) electrons. The molecule has 2 amide bonds. The second-order valence-electron chi connectivity index (χ2n) is 6.57. The van der Waals surface area contributed by atoms with Gasteiger partial charge >= 0.3 is 0 Å². The van der Waals surface area contributed by atoms with Crippen molar-refractivity contribution in [1.29, 1.82) is 0 Å². The quantitative estimate of drug-likeness (QED) is 0.746. The van der Waals surface area contributed by atoms with E-state index in [9.17, 15) is 9.59 Å². The van der Waals surface area contributed by atoms with Crippen molar-refractivity contribution >= 4 is 17.5 Å². The monoisotopic (exact) mass is 379 g/mol. The summed E-state index contributed by atoms with van der Waals surface area (Å²) >= 11 is 0. The van der Waals surface area contributed by atoms with E-state index in [0.29, 0.717) is 25.2 Å². The van der Waals surface area contributed by atoms with Gasteiger partial charge in [-0.25, -0.2) is 9.50 Å². The molecule has 3 aromatic rings. The molecule has 1 aliphatic heterocycles. The summed E-state index contributed by atoms with van der Waals surface area (Å²) in [6.45, 7) is 2.81. The highest BCUT2D eigenvalue weighted by atomic mass is 16.5. The normalized spacial score (nSPS) is 16.9. The molecule has 1 N–H and O–H groups in total. The van der Waals surface area contributed by atoms with Gasteiger partial charge < -0.3 is 15.0 Å². The summed E-state index contributed by atoms with van der Waals surface area (Å²) in [5.41, 5.74) is 2.60. The number of fused-ring (bicyclic) bond motifs is 1. The minimum Gasteiger partial charge on any atom is -0.497 e. The summed E-state index contributed by atoms with van der Waals surface area (Å²) < 4.78 is 6.86. The Morgan fingerprint density at radius 3 is 2.79 bits per heavy atom. The Kier molecular flexibility index (Phi) is 4.68. The lowest BCUT2D eigenvalue weighted by Crippen LogP contribution is -2.57. The van der Waals surface area contributed by atoms with Crippen LogP contribution in [0.2, 0.25) is 0 Å². The Morgan fingerprint density at radius 2 is 2.07 bits per heavy atom. The van der Waals surface area contributed by atoms with Gasteiger partial charge in [0.1, 0.15) is 11.8 Å². The summed E-state index contributed by atoms with van der Waals surface area (Å²) in [4.78, 5) is 31.0. The molecule has 28 heavy (non-hydrogen) atoms. The number of carbonyl (C=O) groups excluding carboxylic acids is 2. The predicted molar refractivity (Wildman–Crippen MR) is 103 cm³/mol. The molecule has 0 spiro atoms.